The molecule has 1 saturated heterocycles. The molecule has 8 heteroatoms. The largest absolute Gasteiger partial charge is 0.360 e. The van der Waals surface area contributed by atoms with Gasteiger partial charge in [0.05, 0.1) is 12.3 Å². The predicted molar refractivity (Wildman–Crippen MR) is 127 cm³/mol. The molecule has 0 aliphatic carbocycles. The number of benzene rings is 2. The van der Waals surface area contributed by atoms with Crippen LogP contribution in [0.4, 0.5) is 0 Å². The average Bonchev–Trinajstić information content (AvgIpc) is 3.47. The Morgan fingerprint density at radius 3 is 2.50 bits per heavy atom. The topological polar surface area (TPSA) is 60.0 Å². The van der Waals surface area contributed by atoms with Crippen LogP contribution in [0.15, 0.2) is 70.3 Å². The van der Waals surface area contributed by atoms with Crippen molar-refractivity contribution in [1.82, 2.24) is 24.8 Å². The Morgan fingerprint density at radius 2 is 1.72 bits per heavy atom. The average molecular weight is 466 g/mol. The first kappa shape index (κ1) is 21.2. The number of rotatable bonds is 7. The van der Waals surface area contributed by atoms with Crippen molar-refractivity contribution in [2.45, 2.75) is 36.7 Å². The Labute approximate surface area is 196 Å². The van der Waals surface area contributed by atoms with E-state index in [4.69, 9.17) is 16.1 Å². The van der Waals surface area contributed by atoms with Crippen molar-refractivity contribution in [2.75, 3.05) is 13.1 Å². The highest BCUT2D eigenvalue weighted by molar-refractivity contribution is 7.98. The van der Waals surface area contributed by atoms with Gasteiger partial charge >= 0.3 is 0 Å². The van der Waals surface area contributed by atoms with Crippen LogP contribution in [0.25, 0.3) is 16.9 Å². The minimum absolute atomic E-state index is 0.620. The molecule has 164 valence electrons. The number of halogens is 1. The van der Waals surface area contributed by atoms with E-state index in [9.17, 15) is 0 Å². The number of aromatic nitrogens is 4. The summed E-state index contributed by atoms with van der Waals surface area (Å²) < 4.78 is 7.74. The van der Waals surface area contributed by atoms with Crippen LogP contribution in [0.1, 0.15) is 30.8 Å². The number of hydrogen-bond donors (Lipinski definition) is 0. The molecule has 0 unspecified atom stereocenters. The molecule has 4 aromatic rings. The molecule has 0 atom stereocenters. The molecular formula is C24H24ClN5OS. The zero-order valence-corrected chi connectivity index (χ0v) is 19.2. The number of piperidine rings is 1. The summed E-state index contributed by atoms with van der Waals surface area (Å²) >= 11 is 7.59. The Bertz CT molecular complexity index is 1150. The summed E-state index contributed by atoms with van der Waals surface area (Å²) in [5.74, 6) is 2.38. The van der Waals surface area contributed by atoms with E-state index < -0.39 is 0 Å². The van der Waals surface area contributed by atoms with Crippen molar-refractivity contribution >= 4 is 23.4 Å². The summed E-state index contributed by atoms with van der Waals surface area (Å²) in [5, 5.41) is 14.8. The lowest BCUT2D eigenvalue weighted by Crippen LogP contribution is -2.30. The quantitative estimate of drug-likeness (QED) is 0.319. The third-order valence-corrected chi connectivity index (χ3v) is 6.77. The molecule has 2 aromatic heterocycles. The van der Waals surface area contributed by atoms with Gasteiger partial charge in [-0.2, -0.15) is 0 Å². The van der Waals surface area contributed by atoms with E-state index in [-0.39, 0.29) is 0 Å². The SMILES string of the molecule is Clc1ccc(-c2cc(CSc3nnc(CN4CCCCC4)n3-c3ccccc3)on2)cc1. The fourth-order valence-corrected chi connectivity index (χ4v) is 4.90. The summed E-state index contributed by atoms with van der Waals surface area (Å²) in [4.78, 5) is 2.47. The van der Waals surface area contributed by atoms with E-state index in [1.807, 2.05) is 48.5 Å². The van der Waals surface area contributed by atoms with Crippen LogP contribution < -0.4 is 0 Å². The monoisotopic (exact) mass is 465 g/mol. The standard InChI is InChI=1S/C24H24ClN5OS/c25-19-11-9-18(10-12-19)22-15-21(31-28-22)17-32-24-27-26-23(16-29-13-5-2-6-14-29)30(24)20-7-3-1-4-8-20/h1,3-4,7-12,15H,2,5-6,13-14,16-17H2. The molecule has 5 rings (SSSR count). The van der Waals surface area contributed by atoms with Gasteiger partial charge in [-0.05, 0) is 50.2 Å². The maximum atomic E-state index is 5.99. The normalized spacial score (nSPS) is 14.7. The predicted octanol–water partition coefficient (Wildman–Crippen LogP) is 5.85. The molecule has 1 aliphatic heterocycles. The lowest BCUT2D eigenvalue weighted by molar-refractivity contribution is 0.214. The minimum Gasteiger partial charge on any atom is -0.360 e. The van der Waals surface area contributed by atoms with E-state index in [1.54, 1.807) is 11.8 Å². The number of thioether (sulfide) groups is 1. The van der Waals surface area contributed by atoms with Gasteiger partial charge in [0.15, 0.2) is 11.0 Å². The van der Waals surface area contributed by atoms with Gasteiger partial charge in [0, 0.05) is 22.3 Å². The molecule has 0 saturated carbocycles. The second-order valence-electron chi connectivity index (χ2n) is 7.88. The van der Waals surface area contributed by atoms with Gasteiger partial charge in [0.2, 0.25) is 0 Å². The molecule has 1 fully saturated rings. The van der Waals surface area contributed by atoms with Crippen molar-refractivity contribution in [1.29, 1.82) is 0 Å². The van der Waals surface area contributed by atoms with Gasteiger partial charge in [-0.3, -0.25) is 9.47 Å². The lowest BCUT2D eigenvalue weighted by atomic mass is 10.1. The van der Waals surface area contributed by atoms with Crippen LogP contribution in [-0.2, 0) is 12.3 Å². The first-order chi connectivity index (χ1) is 15.8. The molecule has 32 heavy (non-hydrogen) atoms. The first-order valence-corrected chi connectivity index (χ1v) is 12.2. The lowest BCUT2D eigenvalue weighted by Gasteiger charge is -2.26. The fourth-order valence-electron chi connectivity index (χ4n) is 3.92. The number of likely N-dealkylation sites (tertiary alicyclic amines) is 1. The van der Waals surface area contributed by atoms with Crippen molar-refractivity contribution < 1.29 is 4.52 Å². The van der Waals surface area contributed by atoms with Crippen LogP contribution in [0, 0.1) is 0 Å². The van der Waals surface area contributed by atoms with Crippen LogP contribution >= 0.6 is 23.4 Å². The summed E-state index contributed by atoms with van der Waals surface area (Å²) in [6.07, 6.45) is 3.82. The van der Waals surface area contributed by atoms with Gasteiger partial charge < -0.3 is 4.52 Å². The van der Waals surface area contributed by atoms with Gasteiger partial charge in [-0.25, -0.2) is 0 Å². The highest BCUT2D eigenvalue weighted by atomic mass is 35.5. The minimum atomic E-state index is 0.620. The van der Waals surface area contributed by atoms with Gasteiger partial charge in [-0.15, -0.1) is 10.2 Å². The van der Waals surface area contributed by atoms with Crippen molar-refractivity contribution in [3.05, 3.63) is 77.3 Å². The third-order valence-electron chi connectivity index (χ3n) is 5.57. The zero-order valence-electron chi connectivity index (χ0n) is 17.7. The summed E-state index contributed by atoms with van der Waals surface area (Å²) in [7, 11) is 0. The van der Waals surface area contributed by atoms with E-state index >= 15 is 0 Å². The maximum absolute atomic E-state index is 5.99. The van der Waals surface area contributed by atoms with E-state index in [2.05, 4.69) is 37.0 Å². The fraction of sp³-hybridized carbons (Fsp3) is 0.292. The third kappa shape index (κ3) is 4.90. The second-order valence-corrected chi connectivity index (χ2v) is 9.26. The summed E-state index contributed by atoms with van der Waals surface area (Å²) in [5.41, 5.74) is 2.85. The van der Waals surface area contributed by atoms with E-state index in [1.165, 1.54) is 19.3 Å². The Balaban J connectivity index is 1.35. The molecule has 0 amide bonds. The summed E-state index contributed by atoms with van der Waals surface area (Å²) in [6.45, 7) is 3.05. The zero-order chi connectivity index (χ0) is 21.8. The molecular weight excluding hydrogens is 442 g/mol. The van der Waals surface area contributed by atoms with Gasteiger partial charge in [0.1, 0.15) is 11.5 Å². The van der Waals surface area contributed by atoms with E-state index in [0.29, 0.717) is 10.8 Å². The number of nitrogens with zero attached hydrogens (tertiary/aromatic N) is 5. The van der Waals surface area contributed by atoms with Crippen LogP contribution in [-0.4, -0.2) is 37.9 Å². The molecule has 3 heterocycles. The molecule has 0 spiro atoms. The molecule has 0 radical (unpaired) electrons. The Kier molecular flexibility index (Phi) is 6.57. The molecule has 1 aliphatic rings. The first-order valence-electron chi connectivity index (χ1n) is 10.8. The summed E-state index contributed by atoms with van der Waals surface area (Å²) in [6, 6.07) is 19.9. The van der Waals surface area contributed by atoms with Crippen LogP contribution in [0.2, 0.25) is 5.02 Å². The molecule has 2 aromatic carbocycles. The van der Waals surface area contributed by atoms with Crippen LogP contribution in [0.3, 0.4) is 0 Å². The van der Waals surface area contributed by atoms with Crippen molar-refractivity contribution in [2.24, 2.45) is 0 Å². The maximum Gasteiger partial charge on any atom is 0.196 e. The molecule has 6 nitrogen and oxygen atoms in total. The Morgan fingerprint density at radius 1 is 0.938 bits per heavy atom. The molecule has 0 bridgehead atoms. The van der Waals surface area contributed by atoms with E-state index in [0.717, 1.165) is 53.3 Å². The van der Waals surface area contributed by atoms with Crippen molar-refractivity contribution in [3.8, 4) is 16.9 Å². The Hall–Kier alpha value is -2.61. The van der Waals surface area contributed by atoms with Gasteiger partial charge in [0.25, 0.3) is 0 Å². The number of para-hydroxylation sites is 1. The highest BCUT2D eigenvalue weighted by Gasteiger charge is 2.19. The van der Waals surface area contributed by atoms with Crippen LogP contribution in [0.5, 0.6) is 0 Å². The molecule has 0 N–H and O–H groups in total. The van der Waals surface area contributed by atoms with Crippen molar-refractivity contribution in [3.63, 3.8) is 0 Å². The number of hydrogen-bond acceptors (Lipinski definition) is 6. The highest BCUT2D eigenvalue weighted by Crippen LogP contribution is 2.28. The smallest absolute Gasteiger partial charge is 0.196 e. The second kappa shape index (κ2) is 9.90. The van der Waals surface area contributed by atoms with Gasteiger partial charge in [-0.1, -0.05) is 65.3 Å².